The van der Waals surface area contributed by atoms with E-state index in [-0.39, 0.29) is 173 Å². The number of carbonyl (C=O) groups excluding carboxylic acids is 6. The molecule has 101 heavy (non-hydrogen) atoms. The van der Waals surface area contributed by atoms with Crippen molar-refractivity contribution in [3.05, 3.63) is 0 Å². The molecule has 0 radical (unpaired) electrons. The molecule has 3 heterocycles. The van der Waals surface area contributed by atoms with Crippen LogP contribution in [0.3, 0.4) is 0 Å². The lowest BCUT2D eigenvalue weighted by atomic mass is 9.94. The van der Waals surface area contributed by atoms with Crippen LogP contribution >= 0.6 is 23.5 Å². The van der Waals surface area contributed by atoms with E-state index >= 15 is 0 Å². The average molecular weight is 1530 g/mol. The maximum atomic E-state index is 12.6. The summed E-state index contributed by atoms with van der Waals surface area (Å²) in [6.07, 6.45) is -21.6. The highest BCUT2D eigenvalue weighted by Crippen LogP contribution is 2.32. The van der Waals surface area contributed by atoms with E-state index in [4.69, 9.17) is 42.6 Å². The summed E-state index contributed by atoms with van der Waals surface area (Å²) >= 11 is 0. The molecular formula is C56H99N6O36P3-6. The molecule has 6 amide bonds. The van der Waals surface area contributed by atoms with Crippen LogP contribution in [0, 0.1) is 5.41 Å². The summed E-state index contributed by atoms with van der Waals surface area (Å²) in [5, 5.41) is 107. The summed E-state index contributed by atoms with van der Waals surface area (Å²) in [5.74, 6) is -1.92. The standard InChI is InChI=1S/C56H105N6O36P3/c1-56(32-87-26-14-41(66)60-20-8-17-57-38(63)11-2-5-23-90-53-50(75)47(72)44(69)35(96-53)29-93-99(78,79)80,33-88-27-15-42(67)61-21-9-18-58-39(64)12-3-6-24-91-54-51(76)48(73)45(70)36(97-54)30-94-100(81,82)83)34-89-28-16-43(68)62-22-10-19-59-40(65)13-4-7-25-92-55-52(77)49(74)46(71)37(98-55)31-95-101(84,85)86/h35-37,44-55,69-77H,2-34H2,1H3,(H,57,63)(H,58,64)(H,59,65)(H,60,66)(H,61,67)(H,62,68)(H2,78,79,80)(H2,81,82,83)(H2,84,85,86)/p-6. The fraction of sp³-hybridized carbons (Fsp3) is 0.893. The van der Waals surface area contributed by atoms with Gasteiger partial charge in [0.15, 0.2) is 18.9 Å². The molecular weight excluding hydrogens is 1430 g/mol. The summed E-state index contributed by atoms with van der Waals surface area (Å²) < 4.78 is 94.4. The van der Waals surface area contributed by atoms with Crippen LogP contribution in [0.1, 0.15) is 103 Å². The van der Waals surface area contributed by atoms with Gasteiger partial charge < -0.3 is 177 Å². The molecule has 3 aliphatic heterocycles. The van der Waals surface area contributed by atoms with E-state index in [1.54, 1.807) is 6.92 Å². The van der Waals surface area contributed by atoms with Gasteiger partial charge in [0.1, 0.15) is 73.2 Å². The number of amides is 6. The number of ether oxygens (including phenoxy) is 9. The molecule has 0 saturated carbocycles. The van der Waals surface area contributed by atoms with Crippen LogP contribution in [0.15, 0.2) is 0 Å². The number of carbonyl (C=O) groups is 6. The van der Waals surface area contributed by atoms with Crippen molar-refractivity contribution in [2.75, 3.05) is 119 Å². The van der Waals surface area contributed by atoms with E-state index in [0.717, 1.165) is 0 Å². The van der Waals surface area contributed by atoms with Gasteiger partial charge in [-0.1, -0.05) is 6.92 Å². The van der Waals surface area contributed by atoms with Gasteiger partial charge >= 0.3 is 0 Å². The lowest BCUT2D eigenvalue weighted by Crippen LogP contribution is -2.59. The first-order chi connectivity index (χ1) is 47.6. The Morgan fingerprint density at radius 1 is 0.337 bits per heavy atom. The zero-order chi connectivity index (χ0) is 75.2. The molecule has 42 nitrogen and oxygen atoms in total. The number of rotatable bonds is 54. The van der Waals surface area contributed by atoms with Crippen LogP contribution < -0.4 is 61.3 Å². The molecule has 0 aliphatic carbocycles. The molecule has 0 spiro atoms. The van der Waals surface area contributed by atoms with E-state index < -0.39 is 141 Å². The molecule has 0 bridgehead atoms. The fourth-order valence-electron chi connectivity index (χ4n) is 9.57. The number of aliphatic hydroxyl groups excluding tert-OH is 9. The van der Waals surface area contributed by atoms with E-state index in [1.807, 2.05) is 0 Å². The largest absolute Gasteiger partial charge is 0.790 e. The van der Waals surface area contributed by atoms with Gasteiger partial charge in [0.2, 0.25) is 35.4 Å². The molecule has 590 valence electrons. The number of phosphoric ester groups is 3. The van der Waals surface area contributed by atoms with Crippen LogP contribution in [-0.2, 0) is 98.7 Å². The first kappa shape index (κ1) is 91.6. The van der Waals surface area contributed by atoms with Crippen molar-refractivity contribution < 1.29 is 174 Å². The van der Waals surface area contributed by atoms with Crippen molar-refractivity contribution in [1.29, 1.82) is 0 Å². The molecule has 0 aromatic rings. The summed E-state index contributed by atoms with van der Waals surface area (Å²) in [4.78, 5) is 140. The van der Waals surface area contributed by atoms with Crippen molar-refractivity contribution in [3.8, 4) is 0 Å². The third-order valence-electron chi connectivity index (χ3n) is 15.2. The van der Waals surface area contributed by atoms with Gasteiger partial charge in [-0.3, -0.25) is 28.8 Å². The lowest BCUT2D eigenvalue weighted by molar-refractivity contribution is -0.349. The summed E-state index contributed by atoms with van der Waals surface area (Å²) in [6.45, 7) is 0.237. The van der Waals surface area contributed by atoms with Gasteiger partial charge in [0.25, 0.3) is 0 Å². The molecule has 3 saturated heterocycles. The van der Waals surface area contributed by atoms with Crippen LogP contribution in [0.2, 0.25) is 0 Å². The Balaban J connectivity index is 1.33. The quantitative estimate of drug-likeness (QED) is 0.0199. The highest BCUT2D eigenvalue weighted by molar-refractivity contribution is 7.43. The topological polar surface area (TPSA) is 657 Å². The Morgan fingerprint density at radius 2 is 0.564 bits per heavy atom. The van der Waals surface area contributed by atoms with E-state index in [0.29, 0.717) is 57.8 Å². The highest BCUT2D eigenvalue weighted by Gasteiger charge is 2.47. The minimum absolute atomic E-state index is 0.0114. The zero-order valence-corrected chi connectivity index (χ0v) is 58.6. The molecule has 3 aliphatic rings. The van der Waals surface area contributed by atoms with Gasteiger partial charge in [0.05, 0.1) is 82.9 Å². The predicted molar refractivity (Wildman–Crippen MR) is 326 cm³/mol. The maximum absolute atomic E-state index is 12.6. The van der Waals surface area contributed by atoms with Crippen LogP contribution in [0.4, 0.5) is 0 Å². The van der Waals surface area contributed by atoms with Gasteiger partial charge in [-0.15, -0.1) is 0 Å². The minimum atomic E-state index is -5.42. The van der Waals surface area contributed by atoms with Gasteiger partial charge in [-0.05, 0) is 57.8 Å². The third kappa shape index (κ3) is 40.1. The predicted octanol–water partition coefficient (Wildman–Crippen LogP) is -10.4. The van der Waals surface area contributed by atoms with E-state index in [9.17, 15) is 118 Å². The first-order valence-corrected chi connectivity index (χ1v) is 37.2. The average Bonchev–Trinajstić information content (AvgIpc) is 0.830. The van der Waals surface area contributed by atoms with E-state index in [1.165, 1.54) is 0 Å². The second kappa shape index (κ2) is 48.6. The second-order valence-electron chi connectivity index (χ2n) is 24.1. The number of phosphoric acid groups is 3. The number of hydrogen-bond donors (Lipinski definition) is 15. The van der Waals surface area contributed by atoms with Gasteiger partial charge in [-0.25, -0.2) is 0 Å². The molecule has 0 aromatic carbocycles. The molecule has 15 unspecified atom stereocenters. The second-order valence-corrected chi connectivity index (χ2v) is 27.6. The van der Waals surface area contributed by atoms with Crippen LogP contribution in [0.5, 0.6) is 0 Å². The van der Waals surface area contributed by atoms with Crippen molar-refractivity contribution in [2.45, 2.75) is 195 Å². The molecule has 15 N–H and O–H groups in total. The van der Waals surface area contributed by atoms with Crippen molar-refractivity contribution in [3.63, 3.8) is 0 Å². The number of nitrogens with one attached hydrogen (secondary N) is 6. The molecule has 45 heteroatoms. The fourth-order valence-corrected chi connectivity index (χ4v) is 10.6. The Morgan fingerprint density at radius 3 is 0.792 bits per heavy atom. The lowest BCUT2D eigenvalue weighted by Gasteiger charge is -2.41. The highest BCUT2D eigenvalue weighted by atomic mass is 31.2. The Bertz CT molecular complexity index is 2300. The Kier molecular flexibility index (Phi) is 44.1. The van der Waals surface area contributed by atoms with E-state index in [2.05, 4.69) is 45.5 Å². The molecule has 3 rings (SSSR count). The summed E-state index contributed by atoms with van der Waals surface area (Å²) in [5.41, 5.74) is -0.846. The summed E-state index contributed by atoms with van der Waals surface area (Å²) in [6, 6.07) is 0. The monoisotopic (exact) mass is 1520 g/mol. The van der Waals surface area contributed by atoms with Crippen molar-refractivity contribution >= 4 is 58.9 Å². The smallest absolute Gasteiger partial charge is 0.222 e. The maximum Gasteiger partial charge on any atom is 0.222 e. The molecule has 3 fully saturated rings. The molecule has 15 atom stereocenters. The number of hydrogen-bond acceptors (Lipinski definition) is 36. The van der Waals surface area contributed by atoms with Gasteiger partial charge in [-0.2, -0.15) is 0 Å². The normalized spacial score (nSPS) is 26.3. The first-order valence-electron chi connectivity index (χ1n) is 32.9. The number of unbranched alkanes of at least 4 members (excludes halogenated alkanes) is 3. The molecule has 0 aromatic heterocycles. The van der Waals surface area contributed by atoms with Gasteiger partial charge in [0, 0.05) is 103 Å². The minimum Gasteiger partial charge on any atom is -0.790 e. The SMILES string of the molecule is CC(COCCC(=O)NCCCNC(=O)CCCCOC1OC(COP(=O)([O-])[O-])C(O)C(O)C1O)(COCCC(=O)NCCCNC(=O)CCCCOC1OC(COP(=O)([O-])[O-])C(O)C(O)C1O)COCCC(=O)NCCCNC(=O)CCCCOC1OC(COP(=O)([O-])[O-])C(O)C(O)C1O. The van der Waals surface area contributed by atoms with Crippen molar-refractivity contribution in [1.82, 2.24) is 31.9 Å². The third-order valence-corrected chi connectivity index (χ3v) is 16.6. The Labute approximate surface area is 582 Å². The van der Waals surface area contributed by atoms with Crippen LogP contribution in [0.25, 0.3) is 0 Å². The number of aliphatic hydroxyl groups is 9. The van der Waals surface area contributed by atoms with Crippen molar-refractivity contribution in [2.24, 2.45) is 5.41 Å². The summed E-state index contributed by atoms with van der Waals surface area (Å²) in [7, 11) is -16.3. The Hall–Kier alpha value is -3.57. The zero-order valence-electron chi connectivity index (χ0n) is 55.9. The van der Waals surface area contributed by atoms with Crippen LogP contribution in [-0.4, -0.2) is 292 Å².